The van der Waals surface area contributed by atoms with E-state index in [0.717, 1.165) is 83.5 Å². The van der Waals surface area contributed by atoms with Gasteiger partial charge in [0.05, 0.1) is 39.9 Å². The van der Waals surface area contributed by atoms with Crippen LogP contribution in [0.25, 0.3) is 0 Å². The molecule has 0 bridgehead atoms. The van der Waals surface area contributed by atoms with Crippen molar-refractivity contribution in [3.05, 3.63) is 97.2 Å². The van der Waals surface area contributed by atoms with E-state index in [9.17, 15) is 19.4 Å². The highest BCUT2D eigenvalue weighted by Crippen LogP contribution is 2.38. The fourth-order valence-corrected chi connectivity index (χ4v) is 7.98. The first kappa shape index (κ1) is 64.4. The highest BCUT2D eigenvalue weighted by molar-refractivity contribution is 7.45. The van der Waals surface area contributed by atoms with Crippen molar-refractivity contribution in [3.63, 3.8) is 0 Å². The molecule has 9 heteroatoms. The lowest BCUT2D eigenvalue weighted by atomic mass is 10.0. The van der Waals surface area contributed by atoms with Crippen LogP contribution in [-0.4, -0.2) is 68.5 Å². The van der Waals surface area contributed by atoms with Crippen molar-refractivity contribution in [1.29, 1.82) is 0 Å². The Morgan fingerprint density at radius 2 is 0.925 bits per heavy atom. The van der Waals surface area contributed by atoms with E-state index in [1.54, 1.807) is 6.08 Å². The lowest BCUT2D eigenvalue weighted by Crippen LogP contribution is -2.45. The number of hydrogen-bond acceptors (Lipinski definition) is 6. The molecule has 0 aliphatic carbocycles. The molecule has 1 amide bonds. The number of aliphatic hydroxyl groups excluding tert-OH is 1. The van der Waals surface area contributed by atoms with E-state index in [4.69, 9.17) is 9.05 Å². The SMILES string of the molecule is CC/C=C\C/C=C\C/C=C\C/C=C\C/C=C\CCCCCCCCCCCCCCCCCCCC(=O)NC(COP(=O)([O-])OCC[N+](C)(C)C)C(O)/C=C/CC/C=C/CC/C=C/CCCC. The molecule has 0 radical (unpaired) electrons. The number of phosphoric acid groups is 1. The Kier molecular flexibility index (Phi) is 46.6. The molecule has 0 heterocycles. The molecule has 3 atom stereocenters. The third-order valence-electron chi connectivity index (χ3n) is 11.5. The van der Waals surface area contributed by atoms with Gasteiger partial charge in [0, 0.05) is 6.42 Å². The third-order valence-corrected chi connectivity index (χ3v) is 12.5. The minimum atomic E-state index is -4.61. The van der Waals surface area contributed by atoms with Gasteiger partial charge in [-0.15, -0.1) is 0 Å². The van der Waals surface area contributed by atoms with Crippen molar-refractivity contribution in [2.45, 2.75) is 225 Å². The molecule has 0 saturated carbocycles. The molecule has 2 N–H and O–H groups in total. The molecular formula is C58H103N2O6P. The van der Waals surface area contributed by atoms with Crippen molar-refractivity contribution in [2.75, 3.05) is 40.9 Å². The second-order valence-electron chi connectivity index (χ2n) is 19.2. The first-order valence-electron chi connectivity index (χ1n) is 27.1. The van der Waals surface area contributed by atoms with Crippen LogP contribution in [0.1, 0.15) is 213 Å². The van der Waals surface area contributed by atoms with Crippen LogP contribution in [0.4, 0.5) is 0 Å². The van der Waals surface area contributed by atoms with Crippen LogP contribution in [0.5, 0.6) is 0 Å². The zero-order chi connectivity index (χ0) is 49.2. The maximum atomic E-state index is 12.9. The maximum absolute atomic E-state index is 12.9. The fourth-order valence-electron chi connectivity index (χ4n) is 7.26. The number of nitrogens with zero attached hydrogens (tertiary/aromatic N) is 1. The zero-order valence-electron chi connectivity index (χ0n) is 43.8. The van der Waals surface area contributed by atoms with Gasteiger partial charge in [0.25, 0.3) is 7.82 Å². The zero-order valence-corrected chi connectivity index (χ0v) is 44.7. The number of phosphoric ester groups is 1. The molecule has 3 unspecified atom stereocenters. The Labute approximate surface area is 413 Å². The van der Waals surface area contributed by atoms with Crippen molar-refractivity contribution >= 4 is 13.7 Å². The van der Waals surface area contributed by atoms with Crippen molar-refractivity contribution < 1.29 is 32.9 Å². The first-order chi connectivity index (χ1) is 32.5. The highest BCUT2D eigenvalue weighted by atomic mass is 31.2. The standard InChI is InChI=1S/C58H103N2O6P/c1-6-8-10-12-14-16-18-20-21-22-23-24-25-26-27-28-29-30-31-32-33-34-35-36-37-38-39-40-42-44-46-48-50-52-58(62)59-56(55-66-67(63,64)65-54-53-60(3,4)5)57(61)51-49-47-45-43-41-19-17-15-13-11-9-7-2/h8,10,13-16,20-21,23-24,26-27,41,43,49,51,56-57,61H,6-7,9,11-12,17-19,22,25,28-40,42,44-48,50,52-55H2,1-5H3,(H-,59,62,63,64)/b10-8-,15-13+,16-14-,21-20-,24-23-,27-26-,43-41+,51-49+. The summed E-state index contributed by atoms with van der Waals surface area (Å²) >= 11 is 0. The second kappa shape index (κ2) is 48.4. The van der Waals surface area contributed by atoms with Crippen LogP contribution < -0.4 is 10.2 Å². The van der Waals surface area contributed by atoms with Crippen molar-refractivity contribution in [3.8, 4) is 0 Å². The number of allylic oxidation sites excluding steroid dienone is 15. The van der Waals surface area contributed by atoms with Crippen LogP contribution in [0, 0.1) is 0 Å². The summed E-state index contributed by atoms with van der Waals surface area (Å²) in [5, 5.41) is 13.8. The van der Waals surface area contributed by atoms with E-state index < -0.39 is 26.6 Å². The number of aliphatic hydroxyl groups is 1. The van der Waals surface area contributed by atoms with Crippen molar-refractivity contribution in [2.24, 2.45) is 0 Å². The van der Waals surface area contributed by atoms with E-state index >= 15 is 0 Å². The van der Waals surface area contributed by atoms with Gasteiger partial charge in [0.2, 0.25) is 5.91 Å². The number of amides is 1. The summed E-state index contributed by atoms with van der Waals surface area (Å²) in [5.74, 6) is -0.215. The lowest BCUT2D eigenvalue weighted by Gasteiger charge is -2.29. The van der Waals surface area contributed by atoms with Gasteiger partial charge in [-0.3, -0.25) is 9.36 Å². The monoisotopic (exact) mass is 955 g/mol. The molecule has 0 aliphatic rings. The average Bonchev–Trinajstić information content (AvgIpc) is 3.29. The largest absolute Gasteiger partial charge is 0.756 e. The molecule has 386 valence electrons. The number of carbonyl (C=O) groups is 1. The van der Waals surface area contributed by atoms with E-state index in [-0.39, 0.29) is 12.5 Å². The van der Waals surface area contributed by atoms with Crippen molar-refractivity contribution in [1.82, 2.24) is 5.32 Å². The minimum absolute atomic E-state index is 0.0122. The summed E-state index contributed by atoms with van der Waals surface area (Å²) < 4.78 is 23.2. The van der Waals surface area contributed by atoms with Crippen LogP contribution >= 0.6 is 7.82 Å². The van der Waals surface area contributed by atoms with Gasteiger partial charge in [-0.2, -0.15) is 0 Å². The summed E-state index contributed by atoms with van der Waals surface area (Å²) in [6.45, 7) is 4.44. The minimum Gasteiger partial charge on any atom is -0.756 e. The number of quaternary nitrogens is 1. The Morgan fingerprint density at radius 3 is 1.39 bits per heavy atom. The Balaban J connectivity index is 4.07. The molecule has 67 heavy (non-hydrogen) atoms. The van der Waals surface area contributed by atoms with Gasteiger partial charge in [-0.25, -0.2) is 0 Å². The normalized spacial score (nSPS) is 14.8. The molecular weight excluding hydrogens is 852 g/mol. The van der Waals surface area contributed by atoms with Gasteiger partial charge in [-0.1, -0.05) is 220 Å². The van der Waals surface area contributed by atoms with Gasteiger partial charge >= 0.3 is 0 Å². The molecule has 0 rings (SSSR count). The number of likely N-dealkylation sites (N-methyl/N-ethyl adjacent to an activating group) is 1. The molecule has 0 aromatic carbocycles. The number of hydrogen-bond donors (Lipinski definition) is 2. The smallest absolute Gasteiger partial charge is 0.268 e. The molecule has 0 saturated heterocycles. The number of carbonyl (C=O) groups excluding carboxylic acids is 1. The van der Waals surface area contributed by atoms with E-state index in [0.29, 0.717) is 17.4 Å². The summed E-state index contributed by atoms with van der Waals surface area (Å²) in [5.41, 5.74) is 0. The Hall–Kier alpha value is -2.58. The Bertz CT molecular complexity index is 1410. The third kappa shape index (κ3) is 51.1. The number of unbranched alkanes of at least 4 members (excludes halogenated alkanes) is 21. The highest BCUT2D eigenvalue weighted by Gasteiger charge is 2.23. The van der Waals surface area contributed by atoms with E-state index in [2.05, 4.69) is 104 Å². The fraction of sp³-hybridized carbons (Fsp3) is 0.707. The molecule has 8 nitrogen and oxygen atoms in total. The molecule has 0 spiro atoms. The number of nitrogens with one attached hydrogen (secondary N) is 1. The van der Waals surface area contributed by atoms with Crippen LogP contribution in [0.2, 0.25) is 0 Å². The van der Waals surface area contributed by atoms with Gasteiger partial charge in [-0.05, 0) is 83.5 Å². The predicted octanol–water partition coefficient (Wildman–Crippen LogP) is 15.6. The van der Waals surface area contributed by atoms with Crippen LogP contribution in [-0.2, 0) is 18.4 Å². The average molecular weight is 955 g/mol. The predicted molar refractivity (Wildman–Crippen MR) is 288 cm³/mol. The second-order valence-corrected chi connectivity index (χ2v) is 20.6. The van der Waals surface area contributed by atoms with Gasteiger partial charge in [0.1, 0.15) is 13.2 Å². The lowest BCUT2D eigenvalue weighted by molar-refractivity contribution is -0.870. The summed E-state index contributed by atoms with van der Waals surface area (Å²) in [4.78, 5) is 25.4. The molecule has 0 aliphatic heterocycles. The molecule has 0 aromatic rings. The molecule has 0 aromatic heterocycles. The maximum Gasteiger partial charge on any atom is 0.268 e. The topological polar surface area (TPSA) is 108 Å². The van der Waals surface area contributed by atoms with Gasteiger partial charge < -0.3 is 28.8 Å². The first-order valence-corrected chi connectivity index (χ1v) is 28.6. The summed E-state index contributed by atoms with van der Waals surface area (Å²) in [7, 11) is 1.23. The van der Waals surface area contributed by atoms with Crippen LogP contribution in [0.3, 0.4) is 0 Å². The summed E-state index contributed by atoms with van der Waals surface area (Å²) in [6, 6.07) is -0.912. The molecule has 0 fully saturated rings. The van der Waals surface area contributed by atoms with Crippen LogP contribution in [0.15, 0.2) is 97.2 Å². The summed E-state index contributed by atoms with van der Waals surface area (Å²) in [6.07, 6.45) is 69.2. The quantitative estimate of drug-likeness (QED) is 0.0272. The number of rotatable bonds is 48. The van der Waals surface area contributed by atoms with E-state index in [1.165, 1.54) is 109 Å². The van der Waals surface area contributed by atoms with E-state index in [1.807, 2.05) is 27.2 Å². The van der Waals surface area contributed by atoms with Gasteiger partial charge in [0.15, 0.2) is 0 Å². The Morgan fingerprint density at radius 1 is 0.537 bits per heavy atom.